The number of aliphatic hydroxyl groups excluding tert-OH is 1. The van der Waals surface area contributed by atoms with Gasteiger partial charge in [-0.1, -0.05) is 61.5 Å². The molecule has 3 N–H and O–H groups in total. The van der Waals surface area contributed by atoms with Gasteiger partial charge in [0.05, 0.1) is 12.1 Å². The summed E-state index contributed by atoms with van der Waals surface area (Å²) in [6, 6.07) is 24.9. The van der Waals surface area contributed by atoms with Crippen LogP contribution in [0.3, 0.4) is 0 Å². The fourth-order valence-corrected chi connectivity index (χ4v) is 5.17. The van der Waals surface area contributed by atoms with Crippen molar-refractivity contribution in [1.29, 1.82) is 0 Å². The second kappa shape index (κ2) is 15.4. The predicted octanol–water partition coefficient (Wildman–Crippen LogP) is 5.60. The lowest BCUT2D eigenvalue weighted by Gasteiger charge is -2.25. The number of aryl methyl sites for hydroxylation is 2. The Morgan fingerprint density at radius 2 is 1.48 bits per heavy atom. The van der Waals surface area contributed by atoms with Gasteiger partial charge in [-0.2, -0.15) is 0 Å². The molecule has 0 aliphatic rings. The first-order valence-corrected chi connectivity index (χ1v) is 14.7. The van der Waals surface area contributed by atoms with Crippen molar-refractivity contribution < 1.29 is 23.5 Å². The third kappa shape index (κ3) is 9.30. The summed E-state index contributed by atoms with van der Waals surface area (Å²) < 4.78 is 28.0. The number of halogens is 2. The highest BCUT2D eigenvalue weighted by molar-refractivity contribution is 6.00. The minimum atomic E-state index is -1.08. The molecule has 8 heteroatoms. The molecule has 0 aliphatic carbocycles. The number of hydrogen-bond acceptors (Lipinski definition) is 4. The molecule has 2 atom stereocenters. The summed E-state index contributed by atoms with van der Waals surface area (Å²) in [5, 5.41) is 17.2. The number of amides is 2. The molecule has 0 bridgehead atoms. The summed E-state index contributed by atoms with van der Waals surface area (Å²) in [6.45, 7) is 4.91. The van der Waals surface area contributed by atoms with Gasteiger partial charge in [0.2, 0.25) is 0 Å². The number of rotatable bonds is 13. The van der Waals surface area contributed by atoms with Crippen LogP contribution in [-0.4, -0.2) is 47.6 Å². The van der Waals surface area contributed by atoms with Crippen LogP contribution in [0.15, 0.2) is 91.0 Å². The molecule has 4 aromatic carbocycles. The minimum absolute atomic E-state index is 0.00793. The van der Waals surface area contributed by atoms with Gasteiger partial charge in [-0.25, -0.2) is 8.78 Å². The van der Waals surface area contributed by atoms with Crippen molar-refractivity contribution in [2.75, 3.05) is 13.6 Å². The van der Waals surface area contributed by atoms with Crippen molar-refractivity contribution in [3.05, 3.63) is 142 Å². The molecule has 4 rings (SSSR count). The Bertz CT molecular complexity index is 1560. The summed E-state index contributed by atoms with van der Waals surface area (Å²) in [5.74, 6) is -2.23. The van der Waals surface area contributed by atoms with Crippen LogP contribution < -0.4 is 10.6 Å². The van der Waals surface area contributed by atoms with Crippen molar-refractivity contribution in [2.45, 2.75) is 51.9 Å². The Morgan fingerprint density at radius 1 is 0.818 bits per heavy atom. The molecule has 0 radical (unpaired) electrons. The molecule has 0 spiro atoms. The lowest BCUT2D eigenvalue weighted by molar-refractivity contribution is 0.0785. The van der Waals surface area contributed by atoms with Crippen molar-refractivity contribution in [3.63, 3.8) is 0 Å². The first-order valence-electron chi connectivity index (χ1n) is 14.7. The molecule has 4 aromatic rings. The number of carbonyl (C=O) groups excluding carboxylic acids is 2. The lowest BCUT2D eigenvalue weighted by atomic mass is 9.99. The molecule has 44 heavy (non-hydrogen) atoms. The molecule has 230 valence electrons. The Labute approximate surface area is 257 Å². The van der Waals surface area contributed by atoms with Crippen LogP contribution in [-0.2, 0) is 25.9 Å². The Hall–Kier alpha value is -4.40. The second-order valence-corrected chi connectivity index (χ2v) is 11.2. The van der Waals surface area contributed by atoms with E-state index in [1.807, 2.05) is 48.5 Å². The number of carbonyl (C=O) groups is 2. The average molecular weight is 600 g/mol. The third-order valence-electron chi connectivity index (χ3n) is 7.44. The zero-order valence-corrected chi connectivity index (χ0v) is 25.3. The fourth-order valence-electron chi connectivity index (χ4n) is 5.17. The van der Waals surface area contributed by atoms with E-state index in [9.17, 15) is 23.5 Å². The molecule has 0 heterocycles. The zero-order chi connectivity index (χ0) is 31.6. The van der Waals surface area contributed by atoms with Crippen LogP contribution in [0.1, 0.15) is 55.5 Å². The maximum atomic E-state index is 14.0. The van der Waals surface area contributed by atoms with Crippen molar-refractivity contribution in [3.8, 4) is 0 Å². The van der Waals surface area contributed by atoms with Crippen molar-refractivity contribution in [2.24, 2.45) is 0 Å². The van der Waals surface area contributed by atoms with E-state index in [-0.39, 0.29) is 24.4 Å². The van der Waals surface area contributed by atoms with Gasteiger partial charge in [0.25, 0.3) is 11.8 Å². The van der Waals surface area contributed by atoms with Gasteiger partial charge in [-0.05, 0) is 77.9 Å². The van der Waals surface area contributed by atoms with Gasteiger partial charge in [-0.15, -0.1) is 0 Å². The molecule has 0 fully saturated rings. The van der Waals surface area contributed by atoms with E-state index in [1.54, 1.807) is 31.0 Å². The van der Waals surface area contributed by atoms with Gasteiger partial charge in [0.15, 0.2) is 0 Å². The molecular formula is C36H39F2N3O3. The van der Waals surface area contributed by atoms with E-state index in [1.165, 1.54) is 23.8 Å². The van der Waals surface area contributed by atoms with Gasteiger partial charge in [0.1, 0.15) is 11.6 Å². The Morgan fingerprint density at radius 3 is 2.18 bits per heavy atom. The van der Waals surface area contributed by atoms with Crippen LogP contribution in [0.5, 0.6) is 0 Å². The van der Waals surface area contributed by atoms with Crippen LogP contribution in [0, 0.1) is 18.6 Å². The summed E-state index contributed by atoms with van der Waals surface area (Å²) >= 11 is 0. The SMILES string of the molecule is CCc1cccc(CNC[C@@H](O)[C@H](Cc2cc(F)cc(F)c2)NC(=O)c2cc(C)cc(C(=O)N(C)Cc3ccccc3)c2)c1. The average Bonchev–Trinajstić information content (AvgIpc) is 3.00. The number of nitrogens with zero attached hydrogens (tertiary/aromatic N) is 1. The maximum absolute atomic E-state index is 14.0. The van der Waals surface area contributed by atoms with Gasteiger partial charge in [0, 0.05) is 43.9 Å². The van der Waals surface area contributed by atoms with E-state index in [2.05, 4.69) is 23.6 Å². The molecule has 2 amide bonds. The highest BCUT2D eigenvalue weighted by atomic mass is 19.1. The molecule has 0 saturated carbocycles. The van der Waals surface area contributed by atoms with Crippen molar-refractivity contribution in [1.82, 2.24) is 15.5 Å². The third-order valence-corrected chi connectivity index (χ3v) is 7.44. The summed E-state index contributed by atoms with van der Waals surface area (Å²) in [6.07, 6.45) is -0.182. The van der Waals surface area contributed by atoms with E-state index in [0.717, 1.165) is 29.2 Å². The number of benzene rings is 4. The first kappa shape index (κ1) is 32.5. The number of nitrogens with one attached hydrogen (secondary N) is 2. The van der Waals surface area contributed by atoms with Crippen molar-refractivity contribution >= 4 is 11.8 Å². The fraction of sp³-hybridized carbons (Fsp3) is 0.278. The Kier molecular flexibility index (Phi) is 11.4. The maximum Gasteiger partial charge on any atom is 0.253 e. The van der Waals surface area contributed by atoms with Crippen LogP contribution >= 0.6 is 0 Å². The smallest absolute Gasteiger partial charge is 0.253 e. The molecule has 0 aliphatic heterocycles. The summed E-state index contributed by atoms with van der Waals surface area (Å²) in [5.41, 5.74) is 4.84. The zero-order valence-electron chi connectivity index (χ0n) is 25.3. The van der Waals surface area contributed by atoms with E-state index >= 15 is 0 Å². The summed E-state index contributed by atoms with van der Waals surface area (Å²) in [7, 11) is 1.70. The quantitative estimate of drug-likeness (QED) is 0.187. The van der Waals surface area contributed by atoms with Crippen LogP contribution in [0.4, 0.5) is 8.78 Å². The topological polar surface area (TPSA) is 81.7 Å². The Balaban J connectivity index is 1.50. The standard InChI is InChI=1S/C36H39F2N3O3/c1-4-25-11-8-12-27(15-25)21-39-22-34(42)33(18-28-16-31(37)20-32(38)17-28)40-35(43)29-13-24(2)14-30(19-29)36(44)41(3)23-26-9-6-5-7-10-26/h5-17,19-20,33-34,39,42H,4,18,21-23H2,1-3H3,(H,40,43)/t33-,34+/m0/s1. The minimum Gasteiger partial charge on any atom is -0.390 e. The molecule has 6 nitrogen and oxygen atoms in total. The second-order valence-electron chi connectivity index (χ2n) is 11.2. The monoisotopic (exact) mass is 599 g/mol. The van der Waals surface area contributed by atoms with E-state index in [0.29, 0.717) is 24.2 Å². The van der Waals surface area contributed by atoms with Crippen LogP contribution in [0.25, 0.3) is 0 Å². The predicted molar refractivity (Wildman–Crippen MR) is 168 cm³/mol. The van der Waals surface area contributed by atoms with Gasteiger partial charge in [-0.3, -0.25) is 9.59 Å². The normalized spacial score (nSPS) is 12.4. The van der Waals surface area contributed by atoms with E-state index < -0.39 is 29.7 Å². The molecule has 0 saturated heterocycles. The largest absolute Gasteiger partial charge is 0.390 e. The summed E-state index contributed by atoms with van der Waals surface area (Å²) in [4.78, 5) is 28.4. The van der Waals surface area contributed by atoms with Gasteiger partial charge >= 0.3 is 0 Å². The molecule has 0 aromatic heterocycles. The highest BCUT2D eigenvalue weighted by Crippen LogP contribution is 2.16. The first-order chi connectivity index (χ1) is 21.1. The van der Waals surface area contributed by atoms with E-state index in [4.69, 9.17) is 0 Å². The van der Waals surface area contributed by atoms with Crippen LogP contribution in [0.2, 0.25) is 0 Å². The number of hydrogen-bond donors (Lipinski definition) is 3. The molecule has 0 unspecified atom stereocenters. The highest BCUT2D eigenvalue weighted by Gasteiger charge is 2.24. The van der Waals surface area contributed by atoms with Gasteiger partial charge < -0.3 is 20.6 Å². The molecular weight excluding hydrogens is 560 g/mol. The number of aliphatic hydroxyl groups is 1. The lowest BCUT2D eigenvalue weighted by Crippen LogP contribution is -2.48.